The summed E-state index contributed by atoms with van der Waals surface area (Å²) < 4.78 is 14.7. The average Bonchev–Trinajstić information content (AvgIpc) is 3.43. The van der Waals surface area contributed by atoms with Crippen molar-refractivity contribution >= 4 is 16.9 Å². The Hall–Kier alpha value is -4.46. The van der Waals surface area contributed by atoms with Crippen molar-refractivity contribution in [1.82, 2.24) is 14.5 Å². The molecule has 1 aliphatic carbocycles. The highest BCUT2D eigenvalue weighted by Gasteiger charge is 2.48. The summed E-state index contributed by atoms with van der Waals surface area (Å²) in [7, 11) is 1.66. The second-order valence-corrected chi connectivity index (χ2v) is 10.1. The Bertz CT molecular complexity index is 1580. The number of fused-ring (bicyclic) bond motifs is 1. The topological polar surface area (TPSA) is 95.4 Å². The fraction of sp³-hybridized carbons (Fsp3) is 0.212. The zero-order valence-electron chi connectivity index (χ0n) is 22.4. The van der Waals surface area contributed by atoms with Gasteiger partial charge >= 0.3 is 0 Å². The largest absolute Gasteiger partial charge is 0.497 e. The predicted molar refractivity (Wildman–Crippen MR) is 156 cm³/mol. The van der Waals surface area contributed by atoms with Crippen LogP contribution >= 0.6 is 0 Å². The SMILES string of the molecule is C=C1[C@@H](n2ccc3c(N)ncnc32)[C@H](COC(c2ccccc2)(c2ccccc2)c2ccc(OC)cc2)[C@H]1CO. The Morgan fingerprint density at radius 2 is 1.52 bits per heavy atom. The number of nitrogens with zero attached hydrogens (tertiary/aromatic N) is 3. The molecule has 1 aliphatic rings. The van der Waals surface area contributed by atoms with Crippen LogP contribution in [0.2, 0.25) is 0 Å². The number of nitrogens with two attached hydrogens (primary N) is 1. The number of aliphatic hydroxyl groups is 1. The van der Waals surface area contributed by atoms with Crippen molar-refractivity contribution in [2.75, 3.05) is 26.1 Å². The minimum absolute atomic E-state index is 0.00804. The van der Waals surface area contributed by atoms with Crippen LogP contribution in [0, 0.1) is 11.8 Å². The zero-order valence-corrected chi connectivity index (χ0v) is 22.4. The molecule has 2 heterocycles. The van der Waals surface area contributed by atoms with Crippen molar-refractivity contribution in [2.45, 2.75) is 11.6 Å². The number of nitrogen functional groups attached to an aromatic ring is 1. The first-order chi connectivity index (χ1) is 19.6. The highest BCUT2D eigenvalue weighted by Crippen LogP contribution is 2.51. The van der Waals surface area contributed by atoms with Gasteiger partial charge in [-0.05, 0) is 40.5 Å². The third kappa shape index (κ3) is 4.15. The van der Waals surface area contributed by atoms with Crippen molar-refractivity contribution in [3.63, 3.8) is 0 Å². The zero-order chi connectivity index (χ0) is 27.7. The maximum Gasteiger partial charge on any atom is 0.146 e. The van der Waals surface area contributed by atoms with Crippen LogP contribution in [0.15, 0.2) is 116 Å². The molecule has 5 aromatic rings. The molecule has 0 bridgehead atoms. The number of rotatable bonds is 9. The monoisotopic (exact) mass is 532 g/mol. The Labute approximate surface area is 233 Å². The summed E-state index contributed by atoms with van der Waals surface area (Å²) in [5, 5.41) is 11.1. The van der Waals surface area contributed by atoms with Crippen LogP contribution < -0.4 is 10.5 Å². The van der Waals surface area contributed by atoms with Gasteiger partial charge in [0, 0.05) is 18.0 Å². The summed E-state index contributed by atoms with van der Waals surface area (Å²) in [4.78, 5) is 8.64. The van der Waals surface area contributed by atoms with Gasteiger partial charge in [-0.3, -0.25) is 0 Å². The van der Waals surface area contributed by atoms with Crippen LogP contribution in [-0.2, 0) is 10.3 Å². The molecule has 0 spiro atoms. The van der Waals surface area contributed by atoms with E-state index >= 15 is 0 Å². The van der Waals surface area contributed by atoms with Crippen molar-refractivity contribution in [3.8, 4) is 5.75 Å². The van der Waals surface area contributed by atoms with E-state index < -0.39 is 5.60 Å². The van der Waals surface area contributed by atoms with Crippen LogP contribution in [0.1, 0.15) is 22.7 Å². The molecule has 6 rings (SSSR count). The van der Waals surface area contributed by atoms with Crippen LogP contribution in [0.3, 0.4) is 0 Å². The van der Waals surface area contributed by atoms with Crippen molar-refractivity contribution in [1.29, 1.82) is 0 Å². The molecule has 1 saturated carbocycles. The standard InChI is InChI=1S/C33H32N4O3/c1-22-28(19-38)29(30(22)37-18-17-27-31(34)35-21-36-32(27)37)20-40-33(23-9-5-3-6-10-23,24-11-7-4-8-12-24)25-13-15-26(39-2)16-14-25/h3-18,21,28-30,38H,1,19-20H2,2H3,(H2,34,35,36)/t28-,29+,30+/m0/s1. The van der Waals surface area contributed by atoms with Gasteiger partial charge in [0.1, 0.15) is 29.1 Å². The van der Waals surface area contributed by atoms with Crippen molar-refractivity contribution in [3.05, 3.63) is 132 Å². The fourth-order valence-electron chi connectivity index (χ4n) is 6.07. The quantitative estimate of drug-likeness (QED) is 0.196. The highest BCUT2D eigenvalue weighted by molar-refractivity contribution is 5.86. The van der Waals surface area contributed by atoms with Gasteiger partial charge in [0.05, 0.1) is 31.8 Å². The Morgan fingerprint density at radius 1 is 0.900 bits per heavy atom. The molecule has 0 unspecified atom stereocenters. The summed E-state index contributed by atoms with van der Waals surface area (Å²) in [5.74, 6) is 1.05. The van der Waals surface area contributed by atoms with E-state index in [4.69, 9.17) is 15.2 Å². The normalized spacial score (nSPS) is 18.9. The van der Waals surface area contributed by atoms with Gasteiger partial charge in [-0.2, -0.15) is 0 Å². The maximum atomic E-state index is 10.4. The molecule has 0 aliphatic heterocycles. The summed E-state index contributed by atoms with van der Waals surface area (Å²) in [5.41, 5.74) is 9.90. The van der Waals surface area contributed by atoms with E-state index in [9.17, 15) is 5.11 Å². The van der Waals surface area contributed by atoms with Gasteiger partial charge in [-0.1, -0.05) is 79.4 Å². The first-order valence-electron chi connectivity index (χ1n) is 13.3. The number of anilines is 1. The molecule has 0 amide bonds. The van der Waals surface area contributed by atoms with Gasteiger partial charge < -0.3 is 24.9 Å². The first-order valence-corrected chi connectivity index (χ1v) is 13.3. The molecule has 7 nitrogen and oxygen atoms in total. The van der Waals surface area contributed by atoms with Crippen LogP contribution in [0.25, 0.3) is 11.0 Å². The van der Waals surface area contributed by atoms with Crippen molar-refractivity contribution < 1.29 is 14.6 Å². The minimum Gasteiger partial charge on any atom is -0.497 e. The van der Waals surface area contributed by atoms with Gasteiger partial charge in [-0.25, -0.2) is 9.97 Å². The second kappa shape index (κ2) is 10.6. The number of hydrogen-bond acceptors (Lipinski definition) is 6. The smallest absolute Gasteiger partial charge is 0.146 e. The average molecular weight is 533 g/mol. The minimum atomic E-state index is -0.901. The van der Waals surface area contributed by atoms with Crippen molar-refractivity contribution in [2.24, 2.45) is 11.8 Å². The highest BCUT2D eigenvalue weighted by atomic mass is 16.5. The van der Waals surface area contributed by atoms with Crippen LogP contribution in [0.5, 0.6) is 5.75 Å². The lowest BCUT2D eigenvalue weighted by Gasteiger charge is -2.48. The third-order valence-electron chi connectivity index (χ3n) is 8.16. The molecule has 3 atom stereocenters. The third-order valence-corrected chi connectivity index (χ3v) is 8.16. The summed E-state index contributed by atoms with van der Waals surface area (Å²) in [6.07, 6.45) is 3.45. The molecule has 3 N–H and O–H groups in total. The fourth-order valence-corrected chi connectivity index (χ4v) is 6.07. The molecular formula is C33H32N4O3. The van der Waals surface area contributed by atoms with Gasteiger partial charge in [0.2, 0.25) is 0 Å². The molecule has 0 saturated heterocycles. The number of aromatic nitrogens is 3. The van der Waals surface area contributed by atoms with E-state index in [1.54, 1.807) is 7.11 Å². The molecule has 40 heavy (non-hydrogen) atoms. The number of benzene rings is 3. The molecular weight excluding hydrogens is 500 g/mol. The molecule has 202 valence electrons. The van der Waals surface area contributed by atoms with E-state index in [2.05, 4.69) is 57.5 Å². The van der Waals surface area contributed by atoms with Gasteiger partial charge in [0.25, 0.3) is 0 Å². The second-order valence-electron chi connectivity index (χ2n) is 10.1. The van der Waals surface area contributed by atoms with Gasteiger partial charge in [-0.15, -0.1) is 0 Å². The number of hydrogen-bond donors (Lipinski definition) is 2. The molecule has 0 radical (unpaired) electrons. The molecule has 3 aromatic carbocycles. The van der Waals surface area contributed by atoms with E-state index in [1.807, 2.05) is 60.8 Å². The van der Waals surface area contributed by atoms with E-state index in [0.717, 1.165) is 39.0 Å². The maximum absolute atomic E-state index is 10.4. The summed E-state index contributed by atoms with van der Waals surface area (Å²) in [6.45, 7) is 4.70. The Morgan fingerprint density at radius 3 is 2.12 bits per heavy atom. The lowest BCUT2D eigenvalue weighted by molar-refractivity contribution is -0.0501. The van der Waals surface area contributed by atoms with E-state index in [-0.39, 0.29) is 24.5 Å². The first kappa shape index (κ1) is 25.8. The Kier molecular flexibility index (Phi) is 6.84. The van der Waals surface area contributed by atoms with E-state index in [1.165, 1.54) is 6.33 Å². The molecule has 2 aromatic heterocycles. The summed E-state index contributed by atoms with van der Waals surface area (Å²) >= 11 is 0. The van der Waals surface area contributed by atoms with Crippen LogP contribution in [0.4, 0.5) is 5.82 Å². The lowest BCUT2D eigenvalue weighted by Crippen LogP contribution is -2.47. The van der Waals surface area contributed by atoms with Crippen LogP contribution in [-0.4, -0.2) is 40.0 Å². The number of aliphatic hydroxyl groups excluding tert-OH is 1. The lowest BCUT2D eigenvalue weighted by atomic mass is 9.66. The molecule has 1 fully saturated rings. The summed E-state index contributed by atoms with van der Waals surface area (Å²) in [6, 6.07) is 30.3. The van der Waals surface area contributed by atoms with Gasteiger partial charge in [0.15, 0.2) is 0 Å². The Balaban J connectivity index is 1.44. The number of ether oxygens (including phenoxy) is 2. The molecule has 7 heteroatoms. The number of methoxy groups -OCH3 is 1. The predicted octanol–water partition coefficient (Wildman–Crippen LogP) is 5.37. The van der Waals surface area contributed by atoms with E-state index in [0.29, 0.717) is 12.4 Å².